The van der Waals surface area contributed by atoms with E-state index >= 15 is 0 Å². The first-order valence-corrected chi connectivity index (χ1v) is 6.62. The summed E-state index contributed by atoms with van der Waals surface area (Å²) in [6.45, 7) is 2.12. The van der Waals surface area contributed by atoms with Gasteiger partial charge in [0.15, 0.2) is 0 Å². The molecule has 0 aliphatic rings. The quantitative estimate of drug-likeness (QED) is 0.625. The van der Waals surface area contributed by atoms with Crippen molar-refractivity contribution in [3.05, 3.63) is 29.8 Å². The highest BCUT2D eigenvalue weighted by atomic mass is 32.2. The van der Waals surface area contributed by atoms with Gasteiger partial charge < -0.3 is 10.1 Å². The van der Waals surface area contributed by atoms with E-state index in [-0.39, 0.29) is 5.97 Å². The van der Waals surface area contributed by atoms with Crippen LogP contribution in [0.1, 0.15) is 24.9 Å². The highest BCUT2D eigenvalue weighted by Gasteiger charge is 2.04. The second-order valence-corrected chi connectivity index (χ2v) is 4.93. The Morgan fingerprint density at radius 2 is 2.29 bits per heavy atom. The second-order valence-electron chi connectivity index (χ2n) is 3.76. The largest absolute Gasteiger partial charge is 0.469 e. The first-order chi connectivity index (χ1) is 8.17. The van der Waals surface area contributed by atoms with Crippen LogP contribution in [0.25, 0.3) is 0 Å². The van der Waals surface area contributed by atoms with E-state index in [9.17, 15) is 4.79 Å². The molecule has 0 spiro atoms. The van der Waals surface area contributed by atoms with Crippen molar-refractivity contribution in [2.45, 2.75) is 24.3 Å². The summed E-state index contributed by atoms with van der Waals surface area (Å²) in [5.41, 5.74) is 1.26. The van der Waals surface area contributed by atoms with E-state index < -0.39 is 0 Å². The van der Waals surface area contributed by atoms with E-state index in [1.807, 2.05) is 13.1 Å². The minimum absolute atomic E-state index is 0.155. The van der Waals surface area contributed by atoms with E-state index in [4.69, 9.17) is 0 Å². The smallest absolute Gasteiger partial charge is 0.306 e. The number of carbonyl (C=O) groups is 1. The Hall–Kier alpha value is -1.00. The van der Waals surface area contributed by atoms with Crippen LogP contribution in [-0.4, -0.2) is 25.9 Å². The summed E-state index contributed by atoms with van der Waals surface area (Å²) in [5.74, 6) is 0.599. The normalized spacial score (nSPS) is 12.2. The van der Waals surface area contributed by atoms with Gasteiger partial charge in [0.1, 0.15) is 0 Å². The molecule has 1 unspecified atom stereocenters. The molecule has 0 saturated heterocycles. The lowest BCUT2D eigenvalue weighted by Crippen LogP contribution is -2.12. The first-order valence-electron chi connectivity index (χ1n) is 5.64. The predicted octanol–water partition coefficient (Wildman–Crippen LogP) is 2.62. The van der Waals surface area contributed by atoms with Gasteiger partial charge in [-0.2, -0.15) is 0 Å². The third-order valence-corrected chi connectivity index (χ3v) is 3.59. The fourth-order valence-electron chi connectivity index (χ4n) is 1.39. The molecule has 0 amide bonds. The number of nitrogens with one attached hydrogen (secondary N) is 1. The molecule has 1 atom stereocenters. The fourth-order valence-corrected chi connectivity index (χ4v) is 2.29. The topological polar surface area (TPSA) is 38.3 Å². The van der Waals surface area contributed by atoms with Gasteiger partial charge in [-0.05, 0) is 31.7 Å². The van der Waals surface area contributed by atoms with E-state index in [2.05, 4.69) is 35.2 Å². The standard InChI is InChI=1S/C13H19NO2S/c1-10(14-2)11-5-4-6-12(9-11)17-8-7-13(15)16-3/h4-6,9-10,14H,7-8H2,1-3H3. The number of hydrogen-bond donors (Lipinski definition) is 1. The number of benzene rings is 1. The molecular weight excluding hydrogens is 234 g/mol. The molecule has 4 heteroatoms. The van der Waals surface area contributed by atoms with E-state index in [0.29, 0.717) is 12.5 Å². The van der Waals surface area contributed by atoms with Crippen molar-refractivity contribution in [3.8, 4) is 0 Å². The van der Waals surface area contributed by atoms with Gasteiger partial charge >= 0.3 is 5.97 Å². The Morgan fingerprint density at radius 1 is 1.53 bits per heavy atom. The van der Waals surface area contributed by atoms with Crippen LogP contribution >= 0.6 is 11.8 Å². The molecule has 0 bridgehead atoms. The summed E-state index contributed by atoms with van der Waals surface area (Å²) in [6.07, 6.45) is 0.451. The summed E-state index contributed by atoms with van der Waals surface area (Å²) in [6, 6.07) is 8.71. The Kier molecular flexibility index (Phi) is 6.08. The molecule has 0 aliphatic carbocycles. The van der Waals surface area contributed by atoms with Gasteiger partial charge in [-0.3, -0.25) is 4.79 Å². The minimum atomic E-state index is -0.155. The molecule has 0 heterocycles. The predicted molar refractivity (Wildman–Crippen MR) is 71.3 cm³/mol. The van der Waals surface area contributed by atoms with Crippen LogP contribution < -0.4 is 5.32 Å². The van der Waals surface area contributed by atoms with Crippen molar-refractivity contribution in [1.29, 1.82) is 0 Å². The van der Waals surface area contributed by atoms with Gasteiger partial charge in [0.2, 0.25) is 0 Å². The third-order valence-electron chi connectivity index (χ3n) is 2.59. The van der Waals surface area contributed by atoms with Crippen LogP contribution in [0, 0.1) is 0 Å². The van der Waals surface area contributed by atoms with Crippen molar-refractivity contribution in [2.24, 2.45) is 0 Å². The number of methoxy groups -OCH3 is 1. The molecule has 0 aliphatic heterocycles. The number of esters is 1. The average molecular weight is 253 g/mol. The summed E-state index contributed by atoms with van der Waals surface area (Å²) < 4.78 is 4.61. The lowest BCUT2D eigenvalue weighted by molar-refractivity contribution is -0.140. The Balaban J connectivity index is 2.51. The van der Waals surface area contributed by atoms with Gasteiger partial charge in [0, 0.05) is 16.7 Å². The van der Waals surface area contributed by atoms with Gasteiger partial charge in [-0.15, -0.1) is 11.8 Å². The maximum absolute atomic E-state index is 11.0. The molecule has 1 rings (SSSR count). The van der Waals surface area contributed by atoms with Crippen molar-refractivity contribution in [1.82, 2.24) is 5.32 Å². The van der Waals surface area contributed by atoms with E-state index in [1.165, 1.54) is 17.6 Å². The summed E-state index contributed by atoms with van der Waals surface area (Å²) in [4.78, 5) is 12.2. The number of carbonyl (C=O) groups excluding carboxylic acids is 1. The maximum atomic E-state index is 11.0. The summed E-state index contributed by atoms with van der Waals surface area (Å²) in [5, 5.41) is 3.21. The first kappa shape index (κ1) is 14.1. The average Bonchev–Trinajstić information content (AvgIpc) is 2.38. The Bertz CT molecular complexity index is 368. The molecule has 1 N–H and O–H groups in total. The van der Waals surface area contributed by atoms with Gasteiger partial charge in [-0.25, -0.2) is 0 Å². The molecule has 0 fully saturated rings. The molecule has 17 heavy (non-hydrogen) atoms. The molecule has 0 aromatic heterocycles. The number of hydrogen-bond acceptors (Lipinski definition) is 4. The zero-order chi connectivity index (χ0) is 12.7. The molecule has 94 valence electrons. The van der Waals surface area contributed by atoms with Crippen molar-refractivity contribution < 1.29 is 9.53 Å². The van der Waals surface area contributed by atoms with Crippen molar-refractivity contribution in [3.63, 3.8) is 0 Å². The number of ether oxygens (including phenoxy) is 1. The second kappa shape index (κ2) is 7.35. The molecule has 0 radical (unpaired) electrons. The van der Waals surface area contributed by atoms with Gasteiger partial charge in [0.05, 0.1) is 13.5 Å². The maximum Gasteiger partial charge on any atom is 0.306 e. The lowest BCUT2D eigenvalue weighted by atomic mass is 10.1. The fraction of sp³-hybridized carbons (Fsp3) is 0.462. The lowest BCUT2D eigenvalue weighted by Gasteiger charge is -2.11. The van der Waals surface area contributed by atoms with Crippen molar-refractivity contribution >= 4 is 17.7 Å². The molecule has 1 aromatic carbocycles. The minimum Gasteiger partial charge on any atom is -0.469 e. The molecule has 0 saturated carbocycles. The van der Waals surface area contributed by atoms with Gasteiger partial charge in [0.25, 0.3) is 0 Å². The highest BCUT2D eigenvalue weighted by Crippen LogP contribution is 2.22. The van der Waals surface area contributed by atoms with Crippen LogP contribution in [-0.2, 0) is 9.53 Å². The van der Waals surface area contributed by atoms with Crippen LogP contribution in [0.3, 0.4) is 0 Å². The molecular formula is C13H19NO2S. The van der Waals surface area contributed by atoms with Crippen LogP contribution in [0.5, 0.6) is 0 Å². The van der Waals surface area contributed by atoms with Crippen LogP contribution in [0.4, 0.5) is 0 Å². The zero-order valence-corrected chi connectivity index (χ0v) is 11.3. The van der Waals surface area contributed by atoms with Crippen LogP contribution in [0.15, 0.2) is 29.2 Å². The SMILES string of the molecule is CNC(C)c1cccc(SCCC(=O)OC)c1. The van der Waals surface area contributed by atoms with E-state index in [1.54, 1.807) is 11.8 Å². The highest BCUT2D eigenvalue weighted by molar-refractivity contribution is 7.99. The summed E-state index contributed by atoms with van der Waals surface area (Å²) in [7, 11) is 3.37. The third kappa shape index (κ3) is 4.79. The molecule has 1 aromatic rings. The zero-order valence-electron chi connectivity index (χ0n) is 10.5. The molecule has 3 nitrogen and oxygen atoms in total. The van der Waals surface area contributed by atoms with Gasteiger partial charge in [-0.1, -0.05) is 12.1 Å². The number of thioether (sulfide) groups is 1. The summed E-state index contributed by atoms with van der Waals surface area (Å²) >= 11 is 1.68. The van der Waals surface area contributed by atoms with E-state index in [0.717, 1.165) is 5.75 Å². The number of rotatable bonds is 6. The Morgan fingerprint density at radius 3 is 2.94 bits per heavy atom. The van der Waals surface area contributed by atoms with Crippen LogP contribution in [0.2, 0.25) is 0 Å². The van der Waals surface area contributed by atoms with Crippen molar-refractivity contribution in [2.75, 3.05) is 19.9 Å². The monoisotopic (exact) mass is 253 g/mol. The Labute approximate surface area is 107 Å².